The highest BCUT2D eigenvalue weighted by atomic mass is 35.5. The van der Waals surface area contributed by atoms with E-state index in [2.05, 4.69) is 10.3 Å². The lowest BCUT2D eigenvalue weighted by Gasteiger charge is -2.13. The summed E-state index contributed by atoms with van der Waals surface area (Å²) in [5.74, 6) is 0.684. The topological polar surface area (TPSA) is 81.1 Å². The predicted octanol–water partition coefficient (Wildman–Crippen LogP) is 3.75. The van der Waals surface area contributed by atoms with Crippen molar-refractivity contribution in [1.29, 1.82) is 0 Å². The molecule has 0 spiro atoms. The van der Waals surface area contributed by atoms with E-state index in [1.807, 2.05) is 37.3 Å². The first-order chi connectivity index (χ1) is 10.5. The first-order valence-electron chi connectivity index (χ1n) is 6.75. The highest BCUT2D eigenvalue weighted by Crippen LogP contribution is 2.28. The monoisotopic (exact) mass is 315 g/mol. The number of benzene rings is 1. The van der Waals surface area contributed by atoms with Crippen LogP contribution in [0.5, 0.6) is 0 Å². The van der Waals surface area contributed by atoms with Crippen LogP contribution < -0.4 is 11.1 Å². The van der Waals surface area contributed by atoms with Gasteiger partial charge in [-0.3, -0.25) is 4.79 Å². The maximum Gasteiger partial charge on any atom is 0.250 e. The number of nitrogens with two attached hydrogens (primary N) is 1. The SMILES string of the molecule is C[C@@H](Nc1ncc(C(N)=O)cc1Cl)c1cc2ccccc2o1. The van der Waals surface area contributed by atoms with Crippen LogP contribution in [-0.4, -0.2) is 10.9 Å². The number of pyridine rings is 1. The fourth-order valence-corrected chi connectivity index (χ4v) is 2.39. The van der Waals surface area contributed by atoms with Crippen molar-refractivity contribution in [2.75, 3.05) is 5.32 Å². The molecular formula is C16H14ClN3O2. The number of primary amides is 1. The molecule has 0 radical (unpaired) electrons. The van der Waals surface area contributed by atoms with Gasteiger partial charge in [0.25, 0.3) is 0 Å². The van der Waals surface area contributed by atoms with Crippen LogP contribution in [0.2, 0.25) is 5.02 Å². The lowest BCUT2D eigenvalue weighted by Crippen LogP contribution is -2.13. The van der Waals surface area contributed by atoms with Gasteiger partial charge in [-0.15, -0.1) is 0 Å². The number of para-hydroxylation sites is 1. The van der Waals surface area contributed by atoms with Crippen molar-refractivity contribution in [3.05, 3.63) is 58.9 Å². The molecule has 0 fully saturated rings. The second-order valence-electron chi connectivity index (χ2n) is 4.97. The average Bonchev–Trinajstić information content (AvgIpc) is 2.93. The molecule has 0 unspecified atom stereocenters. The number of aromatic nitrogens is 1. The zero-order chi connectivity index (χ0) is 15.7. The van der Waals surface area contributed by atoms with Crippen molar-refractivity contribution in [2.45, 2.75) is 13.0 Å². The van der Waals surface area contributed by atoms with E-state index in [1.165, 1.54) is 12.3 Å². The summed E-state index contributed by atoms with van der Waals surface area (Å²) < 4.78 is 5.80. The summed E-state index contributed by atoms with van der Waals surface area (Å²) in [6, 6.07) is 11.1. The van der Waals surface area contributed by atoms with Crippen molar-refractivity contribution < 1.29 is 9.21 Å². The van der Waals surface area contributed by atoms with Gasteiger partial charge in [-0.1, -0.05) is 29.8 Å². The zero-order valence-electron chi connectivity index (χ0n) is 11.8. The van der Waals surface area contributed by atoms with Gasteiger partial charge in [0.05, 0.1) is 16.6 Å². The molecule has 1 aromatic carbocycles. The van der Waals surface area contributed by atoms with Gasteiger partial charge in [-0.25, -0.2) is 4.98 Å². The lowest BCUT2D eigenvalue weighted by molar-refractivity contribution is 0.1000. The van der Waals surface area contributed by atoms with Crippen LogP contribution in [0.25, 0.3) is 11.0 Å². The van der Waals surface area contributed by atoms with Crippen molar-refractivity contribution in [3.63, 3.8) is 0 Å². The number of rotatable bonds is 4. The van der Waals surface area contributed by atoms with Gasteiger partial charge in [0.2, 0.25) is 5.91 Å². The van der Waals surface area contributed by atoms with Crippen LogP contribution in [0.1, 0.15) is 29.1 Å². The van der Waals surface area contributed by atoms with Gasteiger partial charge in [0, 0.05) is 11.6 Å². The average molecular weight is 316 g/mol. The van der Waals surface area contributed by atoms with E-state index >= 15 is 0 Å². The molecule has 1 amide bonds. The molecule has 6 heteroatoms. The number of nitrogens with zero attached hydrogens (tertiary/aromatic N) is 1. The normalized spacial score (nSPS) is 12.3. The molecule has 0 aliphatic carbocycles. The Balaban J connectivity index is 1.84. The molecule has 3 N–H and O–H groups in total. The smallest absolute Gasteiger partial charge is 0.250 e. The third kappa shape index (κ3) is 2.76. The molecule has 112 valence electrons. The zero-order valence-corrected chi connectivity index (χ0v) is 12.6. The minimum atomic E-state index is -0.564. The number of halogens is 1. The largest absolute Gasteiger partial charge is 0.459 e. The van der Waals surface area contributed by atoms with Crippen molar-refractivity contribution in [1.82, 2.24) is 4.98 Å². The lowest BCUT2D eigenvalue weighted by atomic mass is 10.2. The summed E-state index contributed by atoms with van der Waals surface area (Å²) in [7, 11) is 0. The van der Waals surface area contributed by atoms with Gasteiger partial charge < -0.3 is 15.5 Å². The molecule has 0 saturated carbocycles. The molecule has 0 aliphatic rings. The summed E-state index contributed by atoms with van der Waals surface area (Å²) in [4.78, 5) is 15.2. The van der Waals surface area contributed by atoms with E-state index in [0.29, 0.717) is 10.8 Å². The molecule has 5 nitrogen and oxygen atoms in total. The summed E-state index contributed by atoms with van der Waals surface area (Å²) in [6.07, 6.45) is 1.39. The summed E-state index contributed by atoms with van der Waals surface area (Å²) >= 11 is 6.12. The molecule has 22 heavy (non-hydrogen) atoms. The maximum atomic E-state index is 11.1. The minimum Gasteiger partial charge on any atom is -0.459 e. The van der Waals surface area contributed by atoms with Gasteiger partial charge >= 0.3 is 0 Å². The van der Waals surface area contributed by atoms with Crippen molar-refractivity contribution in [3.8, 4) is 0 Å². The number of furan rings is 1. The van der Waals surface area contributed by atoms with E-state index in [9.17, 15) is 4.79 Å². The van der Waals surface area contributed by atoms with Gasteiger partial charge in [0.1, 0.15) is 17.2 Å². The number of carbonyl (C=O) groups excluding carboxylic acids is 1. The van der Waals surface area contributed by atoms with Crippen LogP contribution >= 0.6 is 11.6 Å². The number of hydrogen-bond acceptors (Lipinski definition) is 4. The third-order valence-corrected chi connectivity index (χ3v) is 3.64. The Kier molecular flexibility index (Phi) is 3.73. The van der Waals surface area contributed by atoms with E-state index < -0.39 is 5.91 Å². The second kappa shape index (κ2) is 5.69. The molecular weight excluding hydrogens is 302 g/mol. The Morgan fingerprint density at radius 2 is 2.14 bits per heavy atom. The number of carbonyl (C=O) groups is 1. The van der Waals surface area contributed by atoms with E-state index in [4.69, 9.17) is 21.8 Å². The van der Waals surface area contributed by atoms with Gasteiger partial charge in [0.15, 0.2) is 0 Å². The molecule has 0 bridgehead atoms. The number of nitrogens with one attached hydrogen (secondary N) is 1. The molecule has 3 aromatic rings. The highest BCUT2D eigenvalue weighted by molar-refractivity contribution is 6.33. The molecule has 0 saturated heterocycles. The number of amides is 1. The number of hydrogen-bond donors (Lipinski definition) is 2. The van der Waals surface area contributed by atoms with Gasteiger partial charge in [-0.2, -0.15) is 0 Å². The Bertz CT molecular complexity index is 811. The fourth-order valence-electron chi connectivity index (χ4n) is 2.17. The van der Waals surface area contributed by atoms with Crippen LogP contribution in [0, 0.1) is 0 Å². The van der Waals surface area contributed by atoms with Crippen LogP contribution in [0.4, 0.5) is 5.82 Å². The Labute approximate surface area is 132 Å². The molecule has 0 aliphatic heterocycles. The first kappa shape index (κ1) is 14.4. The fraction of sp³-hybridized carbons (Fsp3) is 0.125. The van der Waals surface area contributed by atoms with E-state index in [0.717, 1.165) is 16.7 Å². The predicted molar refractivity (Wildman–Crippen MR) is 86.0 cm³/mol. The van der Waals surface area contributed by atoms with Crippen molar-refractivity contribution in [2.24, 2.45) is 5.73 Å². The first-order valence-corrected chi connectivity index (χ1v) is 7.13. The summed E-state index contributed by atoms with van der Waals surface area (Å²) in [6.45, 7) is 1.94. The molecule has 1 atom stereocenters. The maximum absolute atomic E-state index is 11.1. The van der Waals surface area contributed by atoms with Crippen LogP contribution in [-0.2, 0) is 0 Å². The minimum absolute atomic E-state index is 0.128. The Hall–Kier alpha value is -2.53. The standard InChI is InChI=1S/C16H14ClN3O2/c1-9(14-7-10-4-2-3-5-13(10)22-14)20-16-12(17)6-11(8-19-16)15(18)21/h2-9H,1H3,(H2,18,21)(H,19,20)/t9-/m1/s1. The highest BCUT2D eigenvalue weighted by Gasteiger charge is 2.14. The van der Waals surface area contributed by atoms with Crippen LogP contribution in [0.15, 0.2) is 47.0 Å². The Morgan fingerprint density at radius 3 is 2.82 bits per heavy atom. The van der Waals surface area contributed by atoms with E-state index in [-0.39, 0.29) is 11.6 Å². The number of anilines is 1. The third-order valence-electron chi connectivity index (χ3n) is 3.35. The molecule has 3 rings (SSSR count). The summed E-state index contributed by atoms with van der Waals surface area (Å²) in [5.41, 5.74) is 6.29. The molecule has 2 heterocycles. The molecule has 2 aromatic heterocycles. The second-order valence-corrected chi connectivity index (χ2v) is 5.38. The van der Waals surface area contributed by atoms with E-state index in [1.54, 1.807) is 0 Å². The van der Waals surface area contributed by atoms with Gasteiger partial charge in [-0.05, 0) is 25.1 Å². The van der Waals surface area contributed by atoms with Crippen molar-refractivity contribution >= 4 is 34.3 Å². The Morgan fingerprint density at radius 1 is 1.36 bits per heavy atom. The quantitative estimate of drug-likeness (QED) is 0.768. The number of fused-ring (bicyclic) bond motifs is 1. The van der Waals surface area contributed by atoms with Crippen LogP contribution in [0.3, 0.4) is 0 Å². The summed E-state index contributed by atoms with van der Waals surface area (Å²) in [5, 5.41) is 4.53.